The average Bonchev–Trinajstić information content (AvgIpc) is 1.88. The summed E-state index contributed by atoms with van der Waals surface area (Å²) in [6, 6.07) is 6.50. The Morgan fingerprint density at radius 2 is 2.09 bits per heavy atom. The highest BCUT2D eigenvalue weighted by atomic mass is 35.5. The van der Waals surface area contributed by atoms with Crippen LogP contribution < -0.4 is 5.73 Å². The number of rotatable bonds is 2. The van der Waals surface area contributed by atoms with Gasteiger partial charge in [0.25, 0.3) is 0 Å². The summed E-state index contributed by atoms with van der Waals surface area (Å²) in [5, 5.41) is 0. The van der Waals surface area contributed by atoms with E-state index < -0.39 is 0 Å². The molecule has 0 fully saturated rings. The van der Waals surface area contributed by atoms with E-state index in [1.54, 1.807) is 6.07 Å². The molecule has 0 aliphatic carbocycles. The van der Waals surface area contributed by atoms with Crippen LogP contribution in [0, 0.1) is 5.82 Å². The van der Waals surface area contributed by atoms with Crippen LogP contribution in [0.3, 0.4) is 0 Å². The molecule has 62 valence electrons. The van der Waals surface area contributed by atoms with E-state index in [0.29, 0.717) is 6.54 Å². The van der Waals surface area contributed by atoms with E-state index in [-0.39, 0.29) is 18.2 Å². The maximum atomic E-state index is 12.4. The SMILES string of the molecule is Cl.NCCc1cccc(F)c1. The van der Waals surface area contributed by atoms with E-state index in [1.807, 2.05) is 6.07 Å². The lowest BCUT2D eigenvalue weighted by Gasteiger charge is -1.96. The molecule has 0 aromatic heterocycles. The molecule has 0 unspecified atom stereocenters. The third-order valence-corrected chi connectivity index (χ3v) is 1.32. The van der Waals surface area contributed by atoms with Crippen molar-refractivity contribution < 1.29 is 4.39 Å². The highest BCUT2D eigenvalue weighted by Gasteiger charge is 1.91. The summed E-state index contributed by atoms with van der Waals surface area (Å²) in [7, 11) is 0. The molecule has 1 aromatic carbocycles. The molecule has 11 heavy (non-hydrogen) atoms. The van der Waals surface area contributed by atoms with Crippen LogP contribution in [0.1, 0.15) is 5.56 Å². The van der Waals surface area contributed by atoms with Gasteiger partial charge in [-0.25, -0.2) is 4.39 Å². The number of benzene rings is 1. The molecule has 0 amide bonds. The summed E-state index contributed by atoms with van der Waals surface area (Å²) in [4.78, 5) is 0. The lowest BCUT2D eigenvalue weighted by Crippen LogP contribution is -2.02. The molecule has 2 N–H and O–H groups in total. The zero-order valence-electron chi connectivity index (χ0n) is 6.09. The van der Waals surface area contributed by atoms with Gasteiger partial charge in [-0.2, -0.15) is 0 Å². The van der Waals surface area contributed by atoms with Crippen LogP contribution in [0.2, 0.25) is 0 Å². The van der Waals surface area contributed by atoms with Gasteiger partial charge in [-0.15, -0.1) is 12.4 Å². The van der Waals surface area contributed by atoms with Crippen LogP contribution in [0.15, 0.2) is 24.3 Å². The van der Waals surface area contributed by atoms with Gasteiger partial charge in [0, 0.05) is 0 Å². The summed E-state index contributed by atoms with van der Waals surface area (Å²) in [6.45, 7) is 0.573. The summed E-state index contributed by atoms with van der Waals surface area (Å²) in [5.41, 5.74) is 6.25. The molecule has 1 nitrogen and oxygen atoms in total. The largest absolute Gasteiger partial charge is 0.330 e. The summed E-state index contributed by atoms with van der Waals surface area (Å²) in [6.07, 6.45) is 0.748. The Balaban J connectivity index is 0.000001000. The number of hydrogen-bond acceptors (Lipinski definition) is 1. The molecule has 0 radical (unpaired) electrons. The Morgan fingerprint density at radius 3 is 2.64 bits per heavy atom. The van der Waals surface area contributed by atoms with E-state index in [1.165, 1.54) is 12.1 Å². The van der Waals surface area contributed by atoms with Crippen molar-refractivity contribution in [2.75, 3.05) is 6.54 Å². The zero-order valence-corrected chi connectivity index (χ0v) is 6.90. The van der Waals surface area contributed by atoms with Gasteiger partial charge in [0.1, 0.15) is 5.82 Å². The van der Waals surface area contributed by atoms with Gasteiger partial charge < -0.3 is 5.73 Å². The van der Waals surface area contributed by atoms with Gasteiger partial charge in [-0.1, -0.05) is 12.1 Å². The Hall–Kier alpha value is -0.600. The van der Waals surface area contributed by atoms with Crippen molar-refractivity contribution in [3.05, 3.63) is 35.6 Å². The fraction of sp³-hybridized carbons (Fsp3) is 0.250. The molecule has 0 saturated heterocycles. The molecular formula is C8H11ClFN. The van der Waals surface area contributed by atoms with Crippen molar-refractivity contribution >= 4 is 12.4 Å². The lowest BCUT2D eigenvalue weighted by atomic mass is 10.1. The second kappa shape index (κ2) is 5.10. The topological polar surface area (TPSA) is 26.0 Å². The van der Waals surface area contributed by atoms with Crippen molar-refractivity contribution in [3.63, 3.8) is 0 Å². The lowest BCUT2D eigenvalue weighted by molar-refractivity contribution is 0.625. The van der Waals surface area contributed by atoms with Gasteiger partial charge in [-0.05, 0) is 30.7 Å². The van der Waals surface area contributed by atoms with Crippen LogP contribution >= 0.6 is 12.4 Å². The van der Waals surface area contributed by atoms with Crippen LogP contribution in [-0.4, -0.2) is 6.54 Å². The quantitative estimate of drug-likeness (QED) is 0.728. The standard InChI is InChI=1S/C8H10FN.ClH/c9-8-3-1-2-7(6-8)4-5-10;/h1-3,6H,4-5,10H2;1H. The molecular weight excluding hydrogens is 165 g/mol. The maximum absolute atomic E-state index is 12.4. The van der Waals surface area contributed by atoms with Gasteiger partial charge in [0.05, 0.1) is 0 Å². The van der Waals surface area contributed by atoms with Crippen LogP contribution in [-0.2, 0) is 6.42 Å². The van der Waals surface area contributed by atoms with E-state index >= 15 is 0 Å². The number of hydrogen-bond donors (Lipinski definition) is 1. The molecule has 1 rings (SSSR count). The number of halogens is 2. The molecule has 0 aliphatic heterocycles. The third-order valence-electron chi connectivity index (χ3n) is 1.32. The first-order chi connectivity index (χ1) is 4.83. The average molecular weight is 176 g/mol. The third kappa shape index (κ3) is 3.35. The zero-order chi connectivity index (χ0) is 7.40. The van der Waals surface area contributed by atoms with E-state index in [4.69, 9.17) is 5.73 Å². The van der Waals surface area contributed by atoms with Crippen molar-refractivity contribution in [2.24, 2.45) is 5.73 Å². The Kier molecular flexibility index (Phi) is 4.83. The molecule has 3 heteroatoms. The normalized spacial score (nSPS) is 8.91. The van der Waals surface area contributed by atoms with Gasteiger partial charge in [0.2, 0.25) is 0 Å². The molecule has 0 saturated carbocycles. The molecule has 0 aliphatic rings. The second-order valence-electron chi connectivity index (χ2n) is 2.17. The predicted molar refractivity (Wildman–Crippen MR) is 46.4 cm³/mol. The fourth-order valence-corrected chi connectivity index (χ4v) is 0.859. The molecule has 0 atom stereocenters. The van der Waals surface area contributed by atoms with Crippen LogP contribution in [0.4, 0.5) is 4.39 Å². The predicted octanol–water partition coefficient (Wildman–Crippen LogP) is 1.75. The minimum atomic E-state index is -0.189. The van der Waals surface area contributed by atoms with Gasteiger partial charge in [-0.3, -0.25) is 0 Å². The van der Waals surface area contributed by atoms with Gasteiger partial charge in [0.15, 0.2) is 0 Å². The monoisotopic (exact) mass is 175 g/mol. The highest BCUT2D eigenvalue weighted by Crippen LogP contribution is 2.02. The van der Waals surface area contributed by atoms with Crippen molar-refractivity contribution in [1.82, 2.24) is 0 Å². The second-order valence-corrected chi connectivity index (χ2v) is 2.17. The van der Waals surface area contributed by atoms with Gasteiger partial charge >= 0.3 is 0 Å². The van der Waals surface area contributed by atoms with E-state index in [2.05, 4.69) is 0 Å². The Morgan fingerprint density at radius 1 is 1.36 bits per heavy atom. The molecule has 1 aromatic rings. The Bertz CT molecular complexity index is 215. The first-order valence-corrected chi connectivity index (χ1v) is 3.27. The van der Waals surface area contributed by atoms with Crippen molar-refractivity contribution in [1.29, 1.82) is 0 Å². The minimum Gasteiger partial charge on any atom is -0.330 e. The molecule has 0 spiro atoms. The minimum absolute atomic E-state index is 0. The van der Waals surface area contributed by atoms with E-state index in [0.717, 1.165) is 12.0 Å². The molecule has 0 bridgehead atoms. The first kappa shape index (κ1) is 10.4. The highest BCUT2D eigenvalue weighted by molar-refractivity contribution is 5.85. The smallest absolute Gasteiger partial charge is 0.123 e. The Labute approximate surface area is 71.8 Å². The maximum Gasteiger partial charge on any atom is 0.123 e. The number of nitrogens with two attached hydrogens (primary N) is 1. The summed E-state index contributed by atoms with van der Waals surface area (Å²) >= 11 is 0. The van der Waals surface area contributed by atoms with Crippen LogP contribution in [0.5, 0.6) is 0 Å². The van der Waals surface area contributed by atoms with E-state index in [9.17, 15) is 4.39 Å². The first-order valence-electron chi connectivity index (χ1n) is 3.27. The summed E-state index contributed by atoms with van der Waals surface area (Å²) in [5.74, 6) is -0.189. The summed E-state index contributed by atoms with van der Waals surface area (Å²) < 4.78 is 12.4. The van der Waals surface area contributed by atoms with Crippen LogP contribution in [0.25, 0.3) is 0 Å². The van der Waals surface area contributed by atoms with Crippen molar-refractivity contribution in [2.45, 2.75) is 6.42 Å². The molecule has 0 heterocycles. The fourth-order valence-electron chi connectivity index (χ4n) is 0.859. The van der Waals surface area contributed by atoms with Crippen molar-refractivity contribution in [3.8, 4) is 0 Å².